The lowest BCUT2D eigenvalue weighted by atomic mass is 10.1. The summed E-state index contributed by atoms with van der Waals surface area (Å²) in [4.78, 5) is 14.3. The van der Waals surface area contributed by atoms with E-state index in [1.54, 1.807) is 30.2 Å². The Bertz CT molecular complexity index is 1230. The first-order valence-corrected chi connectivity index (χ1v) is 11.3. The fourth-order valence-corrected chi connectivity index (χ4v) is 3.92. The van der Waals surface area contributed by atoms with E-state index in [-0.39, 0.29) is 16.8 Å². The molecule has 1 heterocycles. The molecule has 0 aliphatic heterocycles. The van der Waals surface area contributed by atoms with Gasteiger partial charge in [-0.2, -0.15) is 5.10 Å². The third-order valence-electron chi connectivity index (χ3n) is 5.34. The zero-order valence-corrected chi connectivity index (χ0v) is 18.8. The van der Waals surface area contributed by atoms with Crippen LogP contribution in [0.3, 0.4) is 0 Å². The van der Waals surface area contributed by atoms with Crippen molar-refractivity contribution in [1.29, 1.82) is 0 Å². The molecule has 0 spiro atoms. The summed E-state index contributed by atoms with van der Waals surface area (Å²) >= 11 is 0. The maximum atomic E-state index is 12.8. The fraction of sp³-hybridized carbons (Fsp3) is 0.217. The van der Waals surface area contributed by atoms with E-state index in [9.17, 15) is 13.2 Å². The molecule has 0 saturated heterocycles. The van der Waals surface area contributed by atoms with E-state index in [1.807, 2.05) is 55.8 Å². The molecule has 1 aromatic heterocycles. The summed E-state index contributed by atoms with van der Waals surface area (Å²) in [5, 5.41) is 9.81. The van der Waals surface area contributed by atoms with Crippen molar-refractivity contribution in [3.63, 3.8) is 0 Å². The standard InChI is InChI=1S/C23H26N4O3S/c1-16-22(18(3)27(25-16)20-10-6-5-7-11-20)13-14-23(28)26(4)17(2)19-9-8-12-21(15-19)31(24,29)30/h5-15,17H,1-4H3,(H2,24,29,30)/b14-13+. The van der Waals surface area contributed by atoms with Crippen molar-refractivity contribution >= 4 is 22.0 Å². The molecular weight excluding hydrogens is 412 g/mol. The van der Waals surface area contributed by atoms with Crippen LogP contribution in [0.5, 0.6) is 0 Å². The molecular formula is C23H26N4O3S. The molecule has 3 aromatic rings. The van der Waals surface area contributed by atoms with E-state index in [0.29, 0.717) is 5.56 Å². The molecule has 7 nitrogen and oxygen atoms in total. The summed E-state index contributed by atoms with van der Waals surface area (Å²) in [6, 6.07) is 15.8. The molecule has 3 rings (SSSR count). The highest BCUT2D eigenvalue weighted by Gasteiger charge is 2.18. The first kappa shape index (κ1) is 22.5. The Balaban J connectivity index is 1.81. The number of nitrogens with two attached hydrogens (primary N) is 1. The largest absolute Gasteiger partial charge is 0.335 e. The number of amides is 1. The normalized spacial score (nSPS) is 12.8. The van der Waals surface area contributed by atoms with Crippen LogP contribution < -0.4 is 5.14 Å². The van der Waals surface area contributed by atoms with E-state index in [4.69, 9.17) is 5.14 Å². The number of primary sulfonamides is 1. The summed E-state index contributed by atoms with van der Waals surface area (Å²) in [6.07, 6.45) is 3.27. The zero-order valence-electron chi connectivity index (χ0n) is 18.0. The Labute approximate surface area is 182 Å². The molecule has 162 valence electrons. The molecule has 1 atom stereocenters. The second-order valence-electron chi connectivity index (χ2n) is 7.41. The number of sulfonamides is 1. The lowest BCUT2D eigenvalue weighted by molar-refractivity contribution is -0.126. The van der Waals surface area contributed by atoms with Crippen molar-refractivity contribution < 1.29 is 13.2 Å². The number of para-hydroxylation sites is 1. The van der Waals surface area contributed by atoms with Crippen molar-refractivity contribution in [3.05, 3.63) is 83.2 Å². The highest BCUT2D eigenvalue weighted by Crippen LogP contribution is 2.23. The van der Waals surface area contributed by atoms with Gasteiger partial charge in [-0.3, -0.25) is 4.79 Å². The number of benzene rings is 2. The van der Waals surface area contributed by atoms with Crippen LogP contribution in [0.2, 0.25) is 0 Å². The van der Waals surface area contributed by atoms with Gasteiger partial charge in [-0.25, -0.2) is 18.2 Å². The predicted octanol–water partition coefficient (Wildman–Crippen LogP) is 3.37. The molecule has 2 N–H and O–H groups in total. The second kappa shape index (κ2) is 8.87. The Kier molecular flexibility index (Phi) is 6.42. The molecule has 31 heavy (non-hydrogen) atoms. The Hall–Kier alpha value is -3.23. The number of carbonyl (C=O) groups excluding carboxylic acids is 1. The van der Waals surface area contributed by atoms with Crippen LogP contribution in [-0.4, -0.2) is 36.1 Å². The van der Waals surface area contributed by atoms with Gasteiger partial charge in [-0.15, -0.1) is 0 Å². The van der Waals surface area contributed by atoms with E-state index in [1.165, 1.54) is 18.2 Å². The molecule has 0 saturated carbocycles. The third kappa shape index (κ3) is 4.92. The van der Waals surface area contributed by atoms with Crippen LogP contribution in [-0.2, 0) is 14.8 Å². The molecule has 8 heteroatoms. The number of hydrogen-bond acceptors (Lipinski definition) is 4. The van der Waals surface area contributed by atoms with Crippen LogP contribution in [0, 0.1) is 13.8 Å². The Morgan fingerprint density at radius 3 is 2.45 bits per heavy atom. The molecule has 0 radical (unpaired) electrons. The number of likely N-dealkylation sites (N-methyl/N-ethyl adjacent to an activating group) is 1. The first-order valence-electron chi connectivity index (χ1n) is 9.79. The average molecular weight is 439 g/mol. The Morgan fingerprint density at radius 2 is 1.81 bits per heavy atom. The van der Waals surface area contributed by atoms with E-state index < -0.39 is 10.0 Å². The van der Waals surface area contributed by atoms with Gasteiger partial charge in [0.2, 0.25) is 15.9 Å². The molecule has 1 unspecified atom stereocenters. The van der Waals surface area contributed by atoms with E-state index in [0.717, 1.165) is 22.6 Å². The number of carbonyl (C=O) groups is 1. The number of aryl methyl sites for hydroxylation is 1. The second-order valence-corrected chi connectivity index (χ2v) is 8.97. The zero-order chi connectivity index (χ0) is 22.8. The summed E-state index contributed by atoms with van der Waals surface area (Å²) < 4.78 is 25.1. The van der Waals surface area contributed by atoms with Crippen LogP contribution in [0.15, 0.2) is 65.6 Å². The summed E-state index contributed by atoms with van der Waals surface area (Å²) in [5.41, 5.74) is 4.27. The number of rotatable bonds is 6. The van der Waals surface area contributed by atoms with Gasteiger partial charge in [0.25, 0.3) is 0 Å². The number of nitrogens with zero attached hydrogens (tertiary/aromatic N) is 3. The minimum Gasteiger partial charge on any atom is -0.335 e. The molecule has 0 bridgehead atoms. The smallest absolute Gasteiger partial charge is 0.246 e. The van der Waals surface area contributed by atoms with E-state index >= 15 is 0 Å². The van der Waals surface area contributed by atoms with Crippen molar-refractivity contribution in [1.82, 2.24) is 14.7 Å². The maximum Gasteiger partial charge on any atom is 0.246 e. The third-order valence-corrected chi connectivity index (χ3v) is 6.25. The maximum absolute atomic E-state index is 12.8. The predicted molar refractivity (Wildman–Crippen MR) is 121 cm³/mol. The molecule has 2 aromatic carbocycles. The van der Waals surface area contributed by atoms with Crippen molar-refractivity contribution in [3.8, 4) is 5.69 Å². The van der Waals surface area contributed by atoms with Gasteiger partial charge >= 0.3 is 0 Å². The quantitative estimate of drug-likeness (QED) is 0.597. The lowest BCUT2D eigenvalue weighted by Gasteiger charge is -2.24. The highest BCUT2D eigenvalue weighted by molar-refractivity contribution is 7.89. The lowest BCUT2D eigenvalue weighted by Crippen LogP contribution is -2.28. The van der Waals surface area contributed by atoms with Crippen molar-refractivity contribution in [2.75, 3.05) is 7.05 Å². The van der Waals surface area contributed by atoms with Gasteiger partial charge in [0, 0.05) is 24.4 Å². The van der Waals surface area contributed by atoms with Crippen LogP contribution in [0.1, 0.15) is 35.5 Å². The summed E-state index contributed by atoms with van der Waals surface area (Å²) in [5.74, 6) is -0.209. The van der Waals surface area contributed by atoms with Crippen LogP contribution >= 0.6 is 0 Å². The minimum absolute atomic E-state index is 0.0211. The first-order chi connectivity index (χ1) is 14.6. The van der Waals surface area contributed by atoms with Crippen LogP contribution in [0.4, 0.5) is 0 Å². The average Bonchev–Trinajstić information content (AvgIpc) is 3.04. The molecule has 0 aliphatic rings. The summed E-state index contributed by atoms with van der Waals surface area (Å²) in [7, 11) is -2.13. The van der Waals surface area contributed by atoms with Gasteiger partial charge in [-0.1, -0.05) is 30.3 Å². The van der Waals surface area contributed by atoms with Gasteiger partial charge in [-0.05, 0) is 56.7 Å². The van der Waals surface area contributed by atoms with Crippen molar-refractivity contribution in [2.45, 2.75) is 31.7 Å². The minimum atomic E-state index is -3.81. The summed E-state index contributed by atoms with van der Waals surface area (Å²) in [6.45, 7) is 5.70. The fourth-order valence-electron chi connectivity index (χ4n) is 3.35. The highest BCUT2D eigenvalue weighted by atomic mass is 32.2. The van der Waals surface area contributed by atoms with Gasteiger partial charge in [0.05, 0.1) is 22.3 Å². The van der Waals surface area contributed by atoms with E-state index in [2.05, 4.69) is 5.10 Å². The number of hydrogen-bond donors (Lipinski definition) is 1. The SMILES string of the molecule is Cc1nn(-c2ccccc2)c(C)c1/C=C/C(=O)N(C)C(C)c1cccc(S(N)(=O)=O)c1. The topological polar surface area (TPSA) is 98.3 Å². The van der Waals surface area contributed by atoms with Gasteiger partial charge in [0.1, 0.15) is 0 Å². The van der Waals surface area contributed by atoms with Crippen molar-refractivity contribution in [2.24, 2.45) is 5.14 Å². The number of aromatic nitrogens is 2. The van der Waals surface area contributed by atoms with Gasteiger partial charge < -0.3 is 4.90 Å². The molecule has 0 aliphatic carbocycles. The monoisotopic (exact) mass is 438 g/mol. The Morgan fingerprint density at radius 1 is 1.13 bits per heavy atom. The molecule has 1 amide bonds. The van der Waals surface area contributed by atoms with Crippen LogP contribution in [0.25, 0.3) is 11.8 Å². The van der Waals surface area contributed by atoms with Gasteiger partial charge in [0.15, 0.2) is 0 Å². The molecule has 0 fully saturated rings.